The predicted octanol–water partition coefficient (Wildman–Crippen LogP) is 2.82. The number of amides is 2. The van der Waals surface area contributed by atoms with Crippen molar-refractivity contribution in [2.24, 2.45) is 5.41 Å². The van der Waals surface area contributed by atoms with Gasteiger partial charge in [-0.05, 0) is 37.6 Å². The van der Waals surface area contributed by atoms with E-state index < -0.39 is 11.5 Å². The van der Waals surface area contributed by atoms with Crippen LogP contribution >= 0.6 is 0 Å². The van der Waals surface area contributed by atoms with Gasteiger partial charge in [0.2, 0.25) is 5.91 Å². The number of fused-ring (bicyclic) bond motifs is 2. The molecule has 0 fully saturated rings. The van der Waals surface area contributed by atoms with Gasteiger partial charge in [-0.1, -0.05) is 39.0 Å². The second-order valence-corrected chi connectivity index (χ2v) is 9.74. The number of hydrogen-bond donors (Lipinski definition) is 2. The first-order valence-electron chi connectivity index (χ1n) is 11.3. The maximum atomic E-state index is 13.5. The molecule has 8 heteroatoms. The Kier molecular flexibility index (Phi) is 6.21. The standard InChI is InChI=1S/C25H32N6O2/c1-25(2,3)21(24(33)26-4)29-23(32)20-18-15-30(5)13-8-14-31(18)22(28-20)17-11-6-9-16-10-7-12-27-19(16)17/h6-7,9-12,21H,8,13-15H2,1-5H3,(H,26,33)(H,29,32). The molecule has 0 radical (unpaired) electrons. The zero-order chi connectivity index (χ0) is 23.8. The summed E-state index contributed by atoms with van der Waals surface area (Å²) in [5, 5.41) is 6.64. The topological polar surface area (TPSA) is 92.1 Å². The van der Waals surface area contributed by atoms with Gasteiger partial charge < -0.3 is 20.1 Å². The summed E-state index contributed by atoms with van der Waals surface area (Å²) in [5.41, 5.74) is 2.53. The van der Waals surface area contributed by atoms with E-state index in [4.69, 9.17) is 4.98 Å². The summed E-state index contributed by atoms with van der Waals surface area (Å²) < 4.78 is 2.15. The molecule has 0 saturated heterocycles. The van der Waals surface area contributed by atoms with Crippen LogP contribution in [0.2, 0.25) is 0 Å². The first-order valence-corrected chi connectivity index (χ1v) is 11.3. The summed E-state index contributed by atoms with van der Waals surface area (Å²) in [5.74, 6) is 0.177. The zero-order valence-corrected chi connectivity index (χ0v) is 20.0. The Morgan fingerprint density at radius 3 is 2.61 bits per heavy atom. The van der Waals surface area contributed by atoms with Crippen LogP contribution in [0.3, 0.4) is 0 Å². The Labute approximate surface area is 194 Å². The maximum absolute atomic E-state index is 13.5. The lowest BCUT2D eigenvalue weighted by Crippen LogP contribution is -2.53. The average Bonchev–Trinajstić information content (AvgIpc) is 3.01. The van der Waals surface area contributed by atoms with Crippen LogP contribution < -0.4 is 10.6 Å². The van der Waals surface area contributed by atoms with Gasteiger partial charge in [-0.2, -0.15) is 0 Å². The third kappa shape index (κ3) is 4.48. The highest BCUT2D eigenvalue weighted by atomic mass is 16.2. The molecule has 2 N–H and O–H groups in total. The number of carbonyl (C=O) groups is 2. The molecule has 1 aliphatic rings. The Morgan fingerprint density at radius 2 is 1.88 bits per heavy atom. The molecule has 2 aromatic heterocycles. The minimum Gasteiger partial charge on any atom is -0.357 e. The fraction of sp³-hybridized carbons (Fsp3) is 0.440. The molecule has 0 spiro atoms. The first-order chi connectivity index (χ1) is 15.7. The highest BCUT2D eigenvalue weighted by Crippen LogP contribution is 2.31. The Morgan fingerprint density at radius 1 is 1.12 bits per heavy atom. The number of para-hydroxylation sites is 1. The van der Waals surface area contributed by atoms with E-state index >= 15 is 0 Å². The lowest BCUT2D eigenvalue weighted by molar-refractivity contribution is -0.124. The molecule has 2 amide bonds. The van der Waals surface area contributed by atoms with Gasteiger partial charge >= 0.3 is 0 Å². The number of benzene rings is 1. The number of likely N-dealkylation sites (N-methyl/N-ethyl adjacent to an activating group) is 1. The largest absolute Gasteiger partial charge is 0.357 e. The summed E-state index contributed by atoms with van der Waals surface area (Å²) in [6, 6.07) is 9.28. The Bertz CT molecular complexity index is 1190. The first kappa shape index (κ1) is 22.9. The van der Waals surface area contributed by atoms with Crippen LogP contribution in [-0.2, 0) is 17.9 Å². The van der Waals surface area contributed by atoms with Crippen molar-refractivity contribution in [1.82, 2.24) is 30.1 Å². The van der Waals surface area contributed by atoms with Crippen LogP contribution in [0.5, 0.6) is 0 Å². The molecular weight excluding hydrogens is 416 g/mol. The van der Waals surface area contributed by atoms with Crippen molar-refractivity contribution >= 4 is 22.7 Å². The number of rotatable bonds is 4. The second-order valence-electron chi connectivity index (χ2n) is 9.74. The number of nitrogens with zero attached hydrogens (tertiary/aromatic N) is 4. The van der Waals surface area contributed by atoms with Crippen LogP contribution in [0.1, 0.15) is 43.4 Å². The number of carbonyl (C=O) groups excluding carboxylic acids is 2. The van der Waals surface area contributed by atoms with Gasteiger partial charge in [-0.25, -0.2) is 4.98 Å². The summed E-state index contributed by atoms with van der Waals surface area (Å²) in [4.78, 5) is 37.7. The van der Waals surface area contributed by atoms with E-state index in [1.807, 2.05) is 58.2 Å². The normalized spacial score (nSPS) is 15.5. The molecule has 0 aliphatic carbocycles. The SMILES string of the molecule is CNC(=O)C(NC(=O)c1nc(-c2cccc3cccnc23)n2c1CN(C)CCC2)C(C)(C)C. The lowest BCUT2D eigenvalue weighted by atomic mass is 9.86. The van der Waals surface area contributed by atoms with Crippen molar-refractivity contribution in [3.63, 3.8) is 0 Å². The van der Waals surface area contributed by atoms with E-state index in [-0.39, 0.29) is 11.8 Å². The number of imidazole rings is 1. The van der Waals surface area contributed by atoms with Gasteiger partial charge in [0.15, 0.2) is 5.69 Å². The van der Waals surface area contributed by atoms with Gasteiger partial charge in [0.25, 0.3) is 5.91 Å². The van der Waals surface area contributed by atoms with E-state index in [0.717, 1.165) is 47.5 Å². The van der Waals surface area contributed by atoms with Crippen molar-refractivity contribution in [3.8, 4) is 11.4 Å². The van der Waals surface area contributed by atoms with Crippen LogP contribution in [0.4, 0.5) is 0 Å². The molecule has 0 saturated carbocycles. The van der Waals surface area contributed by atoms with Gasteiger partial charge in [0, 0.05) is 37.3 Å². The fourth-order valence-electron chi connectivity index (χ4n) is 4.41. The minimum absolute atomic E-state index is 0.225. The zero-order valence-electron chi connectivity index (χ0n) is 20.0. The van der Waals surface area contributed by atoms with Crippen molar-refractivity contribution in [2.45, 2.75) is 46.3 Å². The summed E-state index contributed by atoms with van der Waals surface area (Å²) in [7, 11) is 3.63. The quantitative estimate of drug-likeness (QED) is 0.640. The van der Waals surface area contributed by atoms with Crippen molar-refractivity contribution in [2.75, 3.05) is 20.6 Å². The molecule has 1 unspecified atom stereocenters. The van der Waals surface area contributed by atoms with Crippen molar-refractivity contribution in [3.05, 3.63) is 47.9 Å². The smallest absolute Gasteiger partial charge is 0.272 e. The monoisotopic (exact) mass is 448 g/mol. The Hall–Kier alpha value is -3.26. The summed E-state index contributed by atoms with van der Waals surface area (Å²) >= 11 is 0. The number of pyridine rings is 1. The molecular formula is C25H32N6O2. The molecule has 1 atom stereocenters. The summed E-state index contributed by atoms with van der Waals surface area (Å²) in [6.07, 6.45) is 2.73. The number of nitrogens with one attached hydrogen (secondary N) is 2. The van der Waals surface area contributed by atoms with Crippen LogP contribution in [0.25, 0.3) is 22.3 Å². The third-order valence-corrected chi connectivity index (χ3v) is 6.15. The lowest BCUT2D eigenvalue weighted by Gasteiger charge is -2.29. The maximum Gasteiger partial charge on any atom is 0.272 e. The van der Waals surface area contributed by atoms with E-state index in [9.17, 15) is 9.59 Å². The fourth-order valence-corrected chi connectivity index (χ4v) is 4.41. The van der Waals surface area contributed by atoms with Crippen molar-refractivity contribution < 1.29 is 9.59 Å². The molecule has 4 rings (SSSR count). The van der Waals surface area contributed by atoms with Gasteiger partial charge in [0.05, 0.1) is 11.2 Å². The molecule has 0 bridgehead atoms. The molecule has 174 valence electrons. The molecule has 1 aliphatic heterocycles. The molecule has 8 nitrogen and oxygen atoms in total. The Balaban J connectivity index is 1.83. The second kappa shape index (κ2) is 8.94. The highest BCUT2D eigenvalue weighted by molar-refractivity contribution is 5.99. The average molecular weight is 449 g/mol. The molecule has 3 aromatic rings. The van der Waals surface area contributed by atoms with E-state index in [0.29, 0.717) is 12.2 Å². The molecule has 3 heterocycles. The van der Waals surface area contributed by atoms with E-state index in [2.05, 4.69) is 25.1 Å². The summed E-state index contributed by atoms with van der Waals surface area (Å²) in [6.45, 7) is 8.09. The van der Waals surface area contributed by atoms with Gasteiger partial charge in [-0.15, -0.1) is 0 Å². The minimum atomic E-state index is -0.682. The van der Waals surface area contributed by atoms with Gasteiger partial charge in [0.1, 0.15) is 11.9 Å². The van der Waals surface area contributed by atoms with Crippen LogP contribution in [0.15, 0.2) is 36.5 Å². The third-order valence-electron chi connectivity index (χ3n) is 6.15. The number of hydrogen-bond acceptors (Lipinski definition) is 5. The van der Waals surface area contributed by atoms with Gasteiger partial charge in [-0.3, -0.25) is 14.6 Å². The van der Waals surface area contributed by atoms with Crippen molar-refractivity contribution in [1.29, 1.82) is 0 Å². The molecule has 1 aromatic carbocycles. The highest BCUT2D eigenvalue weighted by Gasteiger charge is 2.34. The number of aromatic nitrogens is 3. The van der Waals surface area contributed by atoms with Crippen LogP contribution in [-0.4, -0.2) is 57.9 Å². The predicted molar refractivity (Wildman–Crippen MR) is 129 cm³/mol. The molecule has 33 heavy (non-hydrogen) atoms. The van der Waals surface area contributed by atoms with Crippen LogP contribution in [0, 0.1) is 5.41 Å². The van der Waals surface area contributed by atoms with E-state index in [1.165, 1.54) is 0 Å². The van der Waals surface area contributed by atoms with E-state index in [1.54, 1.807) is 13.2 Å².